The summed E-state index contributed by atoms with van der Waals surface area (Å²) in [7, 11) is 5.98. The zero-order chi connectivity index (χ0) is 47.1. The van der Waals surface area contributed by atoms with Crippen LogP contribution in [0.3, 0.4) is 0 Å². The quantitative estimate of drug-likeness (QED) is 0.0468. The molecule has 0 N–H and O–H groups in total. The number of hydrogen-bond acceptors (Lipinski definition) is 9. The normalized spacial score (nSPS) is 11.4. The molecule has 0 atom stereocenters. The number of methoxy groups -OCH3 is 1. The van der Waals surface area contributed by atoms with E-state index in [9.17, 15) is 9.59 Å². The molecule has 0 spiro atoms. The second kappa shape index (κ2) is 46.6. The molecule has 9 nitrogen and oxygen atoms in total. The van der Waals surface area contributed by atoms with Crippen molar-refractivity contribution in [1.82, 2.24) is 4.90 Å². The van der Waals surface area contributed by atoms with E-state index in [2.05, 4.69) is 45.0 Å². The van der Waals surface area contributed by atoms with Crippen LogP contribution in [0.5, 0.6) is 17.2 Å². The molecule has 1 rings (SSSR count). The first-order chi connectivity index (χ1) is 31.9. The van der Waals surface area contributed by atoms with E-state index in [4.69, 9.17) is 28.4 Å². The topological polar surface area (TPSA) is 92.8 Å². The maximum Gasteiger partial charge on any atom is 0.305 e. The Morgan fingerprint density at radius 2 is 0.708 bits per heavy atom. The van der Waals surface area contributed by atoms with Gasteiger partial charge in [0.15, 0.2) is 11.5 Å². The SMILES string of the molecule is CCCCCCCC(=O)OCCCCCCCCCCOc1cc(CN(C)C)cc(OCCCCCCCCCCOC(=O)CCCCCCC)c1OCCCCCCCCCCOC. The van der Waals surface area contributed by atoms with Crippen LogP contribution in [0.1, 0.15) is 251 Å². The Labute approximate surface area is 400 Å². The Morgan fingerprint density at radius 1 is 0.400 bits per heavy atom. The first-order valence-corrected chi connectivity index (χ1v) is 27.4. The van der Waals surface area contributed by atoms with Crippen molar-refractivity contribution in [2.75, 3.05) is 60.8 Å². The highest BCUT2D eigenvalue weighted by Gasteiger charge is 2.17. The maximum atomic E-state index is 11.9. The van der Waals surface area contributed by atoms with E-state index in [-0.39, 0.29) is 11.9 Å². The average molecular weight is 918 g/mol. The van der Waals surface area contributed by atoms with Crippen molar-refractivity contribution in [2.45, 2.75) is 252 Å². The van der Waals surface area contributed by atoms with E-state index < -0.39 is 0 Å². The molecule has 0 radical (unpaired) electrons. The predicted molar refractivity (Wildman–Crippen MR) is 272 cm³/mol. The minimum atomic E-state index is -0.0249. The van der Waals surface area contributed by atoms with E-state index in [1.165, 1.54) is 134 Å². The molecular weight excluding hydrogens is 815 g/mol. The van der Waals surface area contributed by atoms with Gasteiger partial charge in [0.1, 0.15) is 0 Å². The first kappa shape index (κ1) is 60.5. The molecule has 0 aliphatic heterocycles. The zero-order valence-corrected chi connectivity index (χ0v) is 43.3. The third kappa shape index (κ3) is 39.2. The van der Waals surface area contributed by atoms with Gasteiger partial charge in [-0.2, -0.15) is 0 Å². The Hall–Kier alpha value is -2.52. The largest absolute Gasteiger partial charge is 0.490 e. The highest BCUT2D eigenvalue weighted by Crippen LogP contribution is 2.40. The molecule has 0 fully saturated rings. The van der Waals surface area contributed by atoms with Crippen molar-refractivity contribution >= 4 is 11.9 Å². The lowest BCUT2D eigenvalue weighted by Crippen LogP contribution is -2.12. The minimum absolute atomic E-state index is 0.0249. The van der Waals surface area contributed by atoms with Gasteiger partial charge in [0, 0.05) is 33.1 Å². The van der Waals surface area contributed by atoms with Gasteiger partial charge in [0.25, 0.3) is 0 Å². The number of carbonyl (C=O) groups excluding carboxylic acids is 2. The summed E-state index contributed by atoms with van der Waals surface area (Å²) < 4.78 is 35.7. The molecule has 0 aliphatic rings. The lowest BCUT2D eigenvalue weighted by Gasteiger charge is -2.20. The van der Waals surface area contributed by atoms with Crippen LogP contribution in [0.2, 0.25) is 0 Å². The van der Waals surface area contributed by atoms with Gasteiger partial charge in [0.2, 0.25) is 5.75 Å². The third-order valence-corrected chi connectivity index (χ3v) is 12.2. The van der Waals surface area contributed by atoms with Crippen molar-refractivity contribution in [3.05, 3.63) is 17.7 Å². The number of unbranched alkanes of at least 4 members (excludes halogenated alkanes) is 29. The Morgan fingerprint density at radius 3 is 1.06 bits per heavy atom. The average Bonchev–Trinajstić information content (AvgIpc) is 3.29. The van der Waals surface area contributed by atoms with Crippen molar-refractivity contribution in [1.29, 1.82) is 0 Å². The number of ether oxygens (including phenoxy) is 6. The number of carbonyl (C=O) groups is 2. The van der Waals surface area contributed by atoms with Gasteiger partial charge in [-0.1, -0.05) is 181 Å². The first-order valence-electron chi connectivity index (χ1n) is 27.4. The highest BCUT2D eigenvalue weighted by atomic mass is 16.5. The molecule has 1 aromatic rings. The minimum Gasteiger partial charge on any atom is -0.490 e. The van der Waals surface area contributed by atoms with Crippen LogP contribution in [0.4, 0.5) is 0 Å². The van der Waals surface area contributed by atoms with Crippen LogP contribution >= 0.6 is 0 Å². The van der Waals surface area contributed by atoms with Crippen molar-refractivity contribution in [2.24, 2.45) is 0 Å². The molecule has 0 bridgehead atoms. The van der Waals surface area contributed by atoms with Crippen molar-refractivity contribution in [3.63, 3.8) is 0 Å². The molecule has 0 aromatic heterocycles. The molecule has 0 aliphatic carbocycles. The Kier molecular flexibility index (Phi) is 43.4. The second-order valence-electron chi connectivity index (χ2n) is 19.0. The third-order valence-electron chi connectivity index (χ3n) is 12.2. The van der Waals surface area contributed by atoms with E-state index in [0.717, 1.165) is 120 Å². The summed E-state index contributed by atoms with van der Waals surface area (Å²) in [6, 6.07) is 4.33. The van der Waals surface area contributed by atoms with Gasteiger partial charge in [-0.05, 0) is 83.2 Å². The summed E-state index contributed by atoms with van der Waals surface area (Å²) in [5.74, 6) is 2.33. The molecule has 65 heavy (non-hydrogen) atoms. The predicted octanol–water partition coefficient (Wildman–Crippen LogP) is 15.7. The van der Waals surface area contributed by atoms with Gasteiger partial charge in [-0.25, -0.2) is 0 Å². The van der Waals surface area contributed by atoms with Gasteiger partial charge in [-0.15, -0.1) is 0 Å². The van der Waals surface area contributed by atoms with Gasteiger partial charge < -0.3 is 33.3 Å². The van der Waals surface area contributed by atoms with Gasteiger partial charge in [-0.3, -0.25) is 9.59 Å². The smallest absolute Gasteiger partial charge is 0.305 e. The van der Waals surface area contributed by atoms with Crippen LogP contribution in [-0.4, -0.2) is 77.7 Å². The van der Waals surface area contributed by atoms with E-state index in [1.807, 2.05) is 0 Å². The lowest BCUT2D eigenvalue weighted by atomic mass is 10.1. The summed E-state index contributed by atoms with van der Waals surface area (Å²) >= 11 is 0. The van der Waals surface area contributed by atoms with Crippen LogP contribution in [0.15, 0.2) is 12.1 Å². The molecular formula is C56H103NO8. The summed E-state index contributed by atoms with van der Waals surface area (Å²) in [6.07, 6.45) is 40.7. The van der Waals surface area contributed by atoms with Crippen LogP contribution in [0.25, 0.3) is 0 Å². The molecule has 0 unspecified atom stereocenters. The molecule has 9 heteroatoms. The molecule has 1 aromatic carbocycles. The summed E-state index contributed by atoms with van der Waals surface area (Å²) in [5.41, 5.74) is 1.17. The fourth-order valence-electron chi connectivity index (χ4n) is 8.18. The molecule has 0 heterocycles. The summed E-state index contributed by atoms with van der Waals surface area (Å²) in [5, 5.41) is 0. The molecule has 0 saturated carbocycles. The van der Waals surface area contributed by atoms with Crippen LogP contribution in [0, 0.1) is 0 Å². The number of hydrogen-bond donors (Lipinski definition) is 0. The van der Waals surface area contributed by atoms with Crippen LogP contribution in [-0.2, 0) is 30.3 Å². The maximum absolute atomic E-state index is 11.9. The Balaban J connectivity index is 2.52. The van der Waals surface area contributed by atoms with Gasteiger partial charge in [0.05, 0.1) is 33.0 Å². The standard InChI is InChI=1S/C56H103NO8/c1-6-8-10-24-32-40-54(58)63-45-37-29-21-16-14-19-27-35-43-61-52-48-51(50-57(3)4)49-53(56(52)65-47-39-31-23-13-12-18-26-34-42-60-5)62-44-36-28-20-15-17-22-30-38-46-64-55(59)41-33-25-11-9-7-2/h48-49H,6-47,50H2,1-5H3. The Bertz CT molecular complexity index is 1140. The monoisotopic (exact) mass is 918 g/mol. The molecule has 380 valence electrons. The van der Waals surface area contributed by atoms with E-state index >= 15 is 0 Å². The number of esters is 2. The second-order valence-corrected chi connectivity index (χ2v) is 19.0. The number of benzene rings is 1. The van der Waals surface area contributed by atoms with E-state index in [0.29, 0.717) is 45.9 Å². The lowest BCUT2D eigenvalue weighted by molar-refractivity contribution is -0.144. The van der Waals surface area contributed by atoms with E-state index in [1.54, 1.807) is 7.11 Å². The van der Waals surface area contributed by atoms with Crippen molar-refractivity contribution < 1.29 is 38.0 Å². The summed E-state index contributed by atoms with van der Waals surface area (Å²) in [4.78, 5) is 26.1. The van der Waals surface area contributed by atoms with Crippen LogP contribution < -0.4 is 14.2 Å². The van der Waals surface area contributed by atoms with Crippen molar-refractivity contribution in [3.8, 4) is 17.2 Å². The van der Waals surface area contributed by atoms with Gasteiger partial charge >= 0.3 is 11.9 Å². The molecule has 0 saturated heterocycles. The highest BCUT2D eigenvalue weighted by molar-refractivity contribution is 5.69. The fraction of sp³-hybridized carbons (Fsp3) is 0.857. The summed E-state index contributed by atoms with van der Waals surface area (Å²) in [6.45, 7) is 9.23. The number of nitrogens with zero attached hydrogens (tertiary/aromatic N) is 1. The fourth-order valence-corrected chi connectivity index (χ4v) is 8.18. The zero-order valence-electron chi connectivity index (χ0n) is 43.3. The molecule has 0 amide bonds. The number of rotatable bonds is 50.